The third-order valence-electron chi connectivity index (χ3n) is 4.40. The van der Waals surface area contributed by atoms with Crippen LogP contribution in [0.1, 0.15) is 44.1 Å². The van der Waals surface area contributed by atoms with E-state index in [2.05, 4.69) is 24.3 Å². The lowest BCUT2D eigenvalue weighted by atomic mass is 9.92. The van der Waals surface area contributed by atoms with Gasteiger partial charge in [-0.1, -0.05) is 25.0 Å². The molecule has 1 heterocycles. The normalized spacial score (nSPS) is 25.8. The predicted octanol–water partition coefficient (Wildman–Crippen LogP) is 3.73. The molecule has 2 N–H and O–H groups in total. The second kappa shape index (κ2) is 5.86. The van der Waals surface area contributed by atoms with Crippen LogP contribution in [0, 0.1) is 0 Å². The summed E-state index contributed by atoms with van der Waals surface area (Å²) >= 11 is 2.02. The summed E-state index contributed by atoms with van der Waals surface area (Å²) in [7, 11) is 0. The summed E-state index contributed by atoms with van der Waals surface area (Å²) in [6.45, 7) is 1.57. The fourth-order valence-electron chi connectivity index (χ4n) is 3.39. The number of benzene rings is 1. The molecule has 1 spiro atoms. The molecule has 1 aromatic carbocycles. The zero-order valence-corrected chi connectivity index (χ0v) is 12.3. The van der Waals surface area contributed by atoms with E-state index in [0.29, 0.717) is 11.8 Å². The van der Waals surface area contributed by atoms with Gasteiger partial charge < -0.3 is 10.5 Å². The summed E-state index contributed by atoms with van der Waals surface area (Å²) in [5.41, 5.74) is 7.17. The average Bonchev–Trinajstić information content (AvgIpc) is 2.87. The van der Waals surface area contributed by atoms with E-state index in [4.69, 9.17) is 10.5 Å². The molecule has 1 unspecified atom stereocenters. The first-order valence-corrected chi connectivity index (χ1v) is 8.27. The van der Waals surface area contributed by atoms with E-state index in [9.17, 15) is 0 Å². The first-order valence-electron chi connectivity index (χ1n) is 7.39. The zero-order chi connectivity index (χ0) is 13.1. The van der Waals surface area contributed by atoms with Gasteiger partial charge >= 0.3 is 0 Å². The maximum absolute atomic E-state index is 6.11. The Hall–Kier alpha value is -0.510. The van der Waals surface area contributed by atoms with Gasteiger partial charge in [0.25, 0.3) is 0 Å². The van der Waals surface area contributed by atoms with Crippen LogP contribution < -0.4 is 5.73 Å². The van der Waals surface area contributed by atoms with Crippen LogP contribution in [0.2, 0.25) is 0 Å². The van der Waals surface area contributed by atoms with Crippen LogP contribution in [-0.4, -0.2) is 17.5 Å². The summed E-state index contributed by atoms with van der Waals surface area (Å²) in [4.78, 5) is 1.36. The van der Waals surface area contributed by atoms with Crippen molar-refractivity contribution in [2.24, 2.45) is 5.73 Å². The molecule has 19 heavy (non-hydrogen) atoms. The highest BCUT2D eigenvalue weighted by Crippen LogP contribution is 2.44. The SMILES string of the molecule is NCc1cccc(SC2CCOC3(CCCC3)C2)c1. The molecule has 104 valence electrons. The number of hydrogen-bond acceptors (Lipinski definition) is 3. The largest absolute Gasteiger partial charge is 0.375 e. The Kier molecular flexibility index (Phi) is 4.15. The molecule has 1 aromatic rings. The third kappa shape index (κ3) is 3.15. The Balaban J connectivity index is 1.65. The Bertz CT molecular complexity index is 429. The van der Waals surface area contributed by atoms with Crippen molar-refractivity contribution in [2.45, 2.75) is 60.8 Å². The van der Waals surface area contributed by atoms with Gasteiger partial charge in [-0.15, -0.1) is 11.8 Å². The molecule has 1 aliphatic carbocycles. The van der Waals surface area contributed by atoms with Crippen LogP contribution in [0.25, 0.3) is 0 Å². The summed E-state index contributed by atoms with van der Waals surface area (Å²) in [6, 6.07) is 8.67. The molecule has 0 bridgehead atoms. The van der Waals surface area contributed by atoms with E-state index < -0.39 is 0 Å². The minimum absolute atomic E-state index is 0.224. The van der Waals surface area contributed by atoms with Crippen LogP contribution >= 0.6 is 11.8 Å². The average molecular weight is 277 g/mol. The van der Waals surface area contributed by atoms with Crippen molar-refractivity contribution >= 4 is 11.8 Å². The van der Waals surface area contributed by atoms with Crippen LogP contribution in [0.3, 0.4) is 0 Å². The van der Waals surface area contributed by atoms with Gasteiger partial charge in [-0.05, 0) is 43.4 Å². The number of nitrogens with two attached hydrogens (primary N) is 1. The number of rotatable bonds is 3. The highest BCUT2D eigenvalue weighted by Gasteiger charge is 2.40. The van der Waals surface area contributed by atoms with Crippen molar-refractivity contribution in [1.29, 1.82) is 0 Å². The van der Waals surface area contributed by atoms with E-state index in [-0.39, 0.29) is 5.60 Å². The molecule has 3 rings (SSSR count). The Morgan fingerprint density at radius 2 is 2.16 bits per heavy atom. The molecular weight excluding hydrogens is 254 g/mol. The molecule has 1 aliphatic heterocycles. The standard InChI is InChI=1S/C16H23NOS/c17-12-13-4-3-5-14(10-13)19-15-6-9-18-16(11-15)7-1-2-8-16/h3-5,10,15H,1-2,6-9,11-12,17H2. The molecule has 2 nitrogen and oxygen atoms in total. The lowest BCUT2D eigenvalue weighted by Gasteiger charge is -2.38. The molecule has 0 amide bonds. The second-order valence-electron chi connectivity index (χ2n) is 5.82. The number of thioether (sulfide) groups is 1. The van der Waals surface area contributed by atoms with Gasteiger partial charge in [-0.25, -0.2) is 0 Å². The molecule has 2 fully saturated rings. The molecule has 0 aromatic heterocycles. The highest BCUT2D eigenvalue weighted by molar-refractivity contribution is 8.00. The Morgan fingerprint density at radius 3 is 2.95 bits per heavy atom. The van der Waals surface area contributed by atoms with Gasteiger partial charge in [0.1, 0.15) is 0 Å². The van der Waals surface area contributed by atoms with Gasteiger partial charge in [0.05, 0.1) is 5.60 Å². The number of hydrogen-bond donors (Lipinski definition) is 1. The van der Waals surface area contributed by atoms with Crippen molar-refractivity contribution in [3.63, 3.8) is 0 Å². The van der Waals surface area contributed by atoms with Gasteiger partial charge in [0, 0.05) is 23.3 Å². The summed E-state index contributed by atoms with van der Waals surface area (Å²) < 4.78 is 6.11. The first-order chi connectivity index (χ1) is 9.30. The van der Waals surface area contributed by atoms with Crippen LogP contribution in [0.15, 0.2) is 29.2 Å². The van der Waals surface area contributed by atoms with Crippen molar-refractivity contribution in [3.05, 3.63) is 29.8 Å². The minimum atomic E-state index is 0.224. The maximum Gasteiger partial charge on any atom is 0.0693 e. The summed E-state index contributed by atoms with van der Waals surface area (Å²) in [6.07, 6.45) is 7.64. The van der Waals surface area contributed by atoms with E-state index >= 15 is 0 Å². The van der Waals surface area contributed by atoms with Gasteiger partial charge in [0.15, 0.2) is 0 Å². The number of ether oxygens (including phenoxy) is 1. The quantitative estimate of drug-likeness (QED) is 0.914. The summed E-state index contributed by atoms with van der Waals surface area (Å²) in [5, 5.41) is 0.708. The minimum Gasteiger partial charge on any atom is -0.375 e. The van der Waals surface area contributed by atoms with Crippen LogP contribution in [0.5, 0.6) is 0 Å². The molecular formula is C16H23NOS. The van der Waals surface area contributed by atoms with E-state index in [1.165, 1.54) is 49.0 Å². The molecule has 2 aliphatic rings. The third-order valence-corrected chi connectivity index (χ3v) is 5.66. The maximum atomic E-state index is 6.11. The van der Waals surface area contributed by atoms with Gasteiger partial charge in [-0.3, -0.25) is 0 Å². The predicted molar refractivity (Wildman–Crippen MR) is 80.4 cm³/mol. The molecule has 1 atom stereocenters. The Morgan fingerprint density at radius 1 is 1.32 bits per heavy atom. The topological polar surface area (TPSA) is 35.2 Å². The monoisotopic (exact) mass is 277 g/mol. The molecule has 0 radical (unpaired) electrons. The second-order valence-corrected chi connectivity index (χ2v) is 7.20. The van der Waals surface area contributed by atoms with E-state index in [1.54, 1.807) is 0 Å². The summed E-state index contributed by atoms with van der Waals surface area (Å²) in [5.74, 6) is 0. The van der Waals surface area contributed by atoms with Crippen molar-refractivity contribution in [2.75, 3.05) is 6.61 Å². The van der Waals surface area contributed by atoms with E-state index in [1.807, 2.05) is 11.8 Å². The van der Waals surface area contributed by atoms with Crippen LogP contribution in [-0.2, 0) is 11.3 Å². The van der Waals surface area contributed by atoms with Crippen molar-refractivity contribution in [1.82, 2.24) is 0 Å². The molecule has 1 saturated carbocycles. The first kappa shape index (κ1) is 13.5. The van der Waals surface area contributed by atoms with Crippen molar-refractivity contribution in [3.8, 4) is 0 Å². The van der Waals surface area contributed by atoms with Gasteiger partial charge in [-0.2, -0.15) is 0 Å². The molecule has 1 saturated heterocycles. The van der Waals surface area contributed by atoms with E-state index in [0.717, 1.165) is 6.61 Å². The lowest BCUT2D eigenvalue weighted by molar-refractivity contribution is -0.0703. The Labute approximate surface area is 120 Å². The van der Waals surface area contributed by atoms with Crippen LogP contribution in [0.4, 0.5) is 0 Å². The fourth-order valence-corrected chi connectivity index (χ4v) is 4.75. The molecule has 3 heteroatoms. The highest BCUT2D eigenvalue weighted by atomic mass is 32.2. The zero-order valence-electron chi connectivity index (χ0n) is 11.4. The fraction of sp³-hybridized carbons (Fsp3) is 0.625. The van der Waals surface area contributed by atoms with Gasteiger partial charge in [0.2, 0.25) is 0 Å². The lowest BCUT2D eigenvalue weighted by Crippen LogP contribution is -2.38. The van der Waals surface area contributed by atoms with Crippen molar-refractivity contribution < 1.29 is 4.74 Å². The smallest absolute Gasteiger partial charge is 0.0693 e.